The number of hydrogen-bond acceptors (Lipinski definition) is 2. The molecule has 0 aliphatic heterocycles. The van der Waals surface area contributed by atoms with Crippen molar-refractivity contribution in [2.24, 2.45) is 5.41 Å². The highest BCUT2D eigenvalue weighted by atomic mass is 16.2. The highest BCUT2D eigenvalue weighted by molar-refractivity contribution is 5.99. The van der Waals surface area contributed by atoms with Crippen LogP contribution in [0.4, 0.5) is 0 Å². The fourth-order valence-corrected chi connectivity index (χ4v) is 2.78. The summed E-state index contributed by atoms with van der Waals surface area (Å²) < 4.78 is 1.94. The van der Waals surface area contributed by atoms with E-state index >= 15 is 0 Å². The number of aromatic nitrogens is 1. The molecule has 0 spiro atoms. The van der Waals surface area contributed by atoms with Gasteiger partial charge in [-0.05, 0) is 31.7 Å². The summed E-state index contributed by atoms with van der Waals surface area (Å²) in [5.74, 6) is 0.185. The second kappa shape index (κ2) is 4.83. The van der Waals surface area contributed by atoms with Crippen LogP contribution in [0.5, 0.6) is 0 Å². The molecule has 0 radical (unpaired) electrons. The molecule has 1 aliphatic rings. The van der Waals surface area contributed by atoms with Crippen molar-refractivity contribution in [1.82, 2.24) is 9.88 Å². The van der Waals surface area contributed by atoms with E-state index < -0.39 is 0 Å². The quantitative estimate of drug-likeness (QED) is 0.909. The van der Waals surface area contributed by atoms with Crippen molar-refractivity contribution in [3.63, 3.8) is 0 Å². The van der Waals surface area contributed by atoms with Gasteiger partial charge >= 0.3 is 0 Å². The van der Waals surface area contributed by atoms with E-state index in [1.807, 2.05) is 30.7 Å². The predicted molar refractivity (Wildman–Crippen MR) is 74.3 cm³/mol. The average molecular weight is 262 g/mol. The predicted octanol–water partition coefficient (Wildman–Crippen LogP) is 2.34. The number of carbonyl (C=O) groups excluding carboxylic acids is 2. The van der Waals surface area contributed by atoms with E-state index in [4.69, 9.17) is 0 Å². The zero-order valence-electron chi connectivity index (χ0n) is 12.1. The molecule has 1 aromatic rings. The van der Waals surface area contributed by atoms with E-state index in [0.29, 0.717) is 13.0 Å². The monoisotopic (exact) mass is 262 g/mol. The Labute approximate surface area is 114 Å². The Morgan fingerprint density at radius 2 is 2.16 bits per heavy atom. The molecule has 1 aromatic heterocycles. The second-order valence-corrected chi connectivity index (χ2v) is 6.09. The zero-order chi connectivity index (χ0) is 14.2. The van der Waals surface area contributed by atoms with Crippen molar-refractivity contribution < 1.29 is 9.59 Å². The molecule has 2 rings (SSSR count). The van der Waals surface area contributed by atoms with Gasteiger partial charge in [0.15, 0.2) is 5.78 Å². The average Bonchev–Trinajstić information content (AvgIpc) is 2.70. The van der Waals surface area contributed by atoms with E-state index in [0.717, 1.165) is 17.7 Å². The first kappa shape index (κ1) is 13.8. The van der Waals surface area contributed by atoms with Crippen LogP contribution in [0, 0.1) is 5.41 Å². The molecule has 0 aromatic carbocycles. The Bertz CT molecular complexity index is 514. The number of hydrogen-bond donors (Lipinski definition) is 1. The number of likely N-dealkylation sites (N-methyl/N-ethyl adjacent to an activating group) is 1. The Morgan fingerprint density at radius 1 is 1.47 bits per heavy atom. The van der Waals surface area contributed by atoms with Crippen LogP contribution in [0.1, 0.15) is 56.2 Å². The number of amides is 1. The fourth-order valence-electron chi connectivity index (χ4n) is 2.78. The number of nitrogens with one attached hydrogen (secondary N) is 1. The van der Waals surface area contributed by atoms with Crippen LogP contribution in [0.15, 0.2) is 12.3 Å². The lowest BCUT2D eigenvalue weighted by molar-refractivity contribution is -0.123. The maximum Gasteiger partial charge on any atom is 0.242 e. The van der Waals surface area contributed by atoms with Gasteiger partial charge in [-0.3, -0.25) is 9.59 Å². The van der Waals surface area contributed by atoms with Gasteiger partial charge < -0.3 is 9.88 Å². The second-order valence-electron chi connectivity index (χ2n) is 6.09. The molecule has 0 saturated carbocycles. The first-order chi connectivity index (χ1) is 8.85. The van der Waals surface area contributed by atoms with Gasteiger partial charge in [-0.2, -0.15) is 0 Å². The van der Waals surface area contributed by atoms with E-state index in [1.54, 1.807) is 0 Å². The van der Waals surface area contributed by atoms with Crippen LogP contribution >= 0.6 is 0 Å². The van der Waals surface area contributed by atoms with Gasteiger partial charge in [0.05, 0.1) is 0 Å². The lowest BCUT2D eigenvalue weighted by Crippen LogP contribution is -2.33. The fraction of sp³-hybridized carbons (Fsp3) is 0.600. The molecule has 0 saturated heterocycles. The van der Waals surface area contributed by atoms with Crippen LogP contribution in [-0.2, 0) is 11.2 Å². The summed E-state index contributed by atoms with van der Waals surface area (Å²) in [5, 5.41) is 2.83. The van der Waals surface area contributed by atoms with E-state index in [-0.39, 0.29) is 23.1 Å². The number of fused-ring (bicyclic) bond motifs is 1. The highest BCUT2D eigenvalue weighted by Gasteiger charge is 2.34. The number of nitrogens with zero attached hydrogens (tertiary/aromatic N) is 1. The molecule has 1 amide bonds. The number of rotatable bonds is 3. The summed E-state index contributed by atoms with van der Waals surface area (Å²) >= 11 is 0. The van der Waals surface area contributed by atoms with E-state index in [1.165, 1.54) is 0 Å². The molecule has 1 unspecified atom stereocenters. The van der Waals surface area contributed by atoms with Gasteiger partial charge in [0, 0.05) is 30.4 Å². The first-order valence-corrected chi connectivity index (χ1v) is 6.86. The Morgan fingerprint density at radius 3 is 2.79 bits per heavy atom. The molecule has 19 heavy (non-hydrogen) atoms. The maximum absolute atomic E-state index is 12.1. The Balaban J connectivity index is 2.35. The molecule has 104 valence electrons. The minimum absolute atomic E-state index is 0.00303. The molecule has 0 fully saturated rings. The summed E-state index contributed by atoms with van der Waals surface area (Å²) in [6.07, 6.45) is 3.29. The normalized spacial score (nSPS) is 18.8. The minimum atomic E-state index is -0.273. The minimum Gasteiger partial charge on any atom is -0.355 e. The molecular weight excluding hydrogens is 240 g/mol. The standard InChI is InChI=1S/C15H22N2O2/c1-5-16-14(19)10(2)17-7-6-11-12(17)8-15(3,4)9-13(11)18/h6-7,10H,5,8-9H2,1-4H3,(H,16,19). The van der Waals surface area contributed by atoms with Gasteiger partial charge in [-0.15, -0.1) is 0 Å². The summed E-state index contributed by atoms with van der Waals surface area (Å²) in [4.78, 5) is 24.1. The van der Waals surface area contributed by atoms with Crippen LogP contribution in [0.2, 0.25) is 0 Å². The molecule has 4 nitrogen and oxygen atoms in total. The summed E-state index contributed by atoms with van der Waals surface area (Å²) in [6.45, 7) is 8.60. The molecule has 1 N–H and O–H groups in total. The first-order valence-electron chi connectivity index (χ1n) is 6.86. The van der Waals surface area contributed by atoms with Crippen LogP contribution in [0.25, 0.3) is 0 Å². The zero-order valence-corrected chi connectivity index (χ0v) is 12.1. The van der Waals surface area contributed by atoms with Crippen molar-refractivity contribution in [3.05, 3.63) is 23.5 Å². The summed E-state index contributed by atoms with van der Waals surface area (Å²) in [5.41, 5.74) is 1.76. The third-order valence-electron chi connectivity index (χ3n) is 3.76. The number of Topliss-reactive ketones (excluding diaryl/α,β-unsaturated/α-hetero) is 1. The molecule has 1 heterocycles. The lowest BCUT2D eigenvalue weighted by Gasteiger charge is -2.30. The van der Waals surface area contributed by atoms with Crippen molar-refractivity contribution in [3.8, 4) is 0 Å². The topological polar surface area (TPSA) is 51.1 Å². The van der Waals surface area contributed by atoms with Gasteiger partial charge in [0.25, 0.3) is 0 Å². The molecule has 0 bridgehead atoms. The smallest absolute Gasteiger partial charge is 0.242 e. The lowest BCUT2D eigenvalue weighted by atomic mass is 9.76. The van der Waals surface area contributed by atoms with Gasteiger partial charge in [-0.25, -0.2) is 0 Å². The SMILES string of the molecule is CCNC(=O)C(C)n1ccc2c1CC(C)(C)CC2=O. The highest BCUT2D eigenvalue weighted by Crippen LogP contribution is 2.36. The number of carbonyl (C=O) groups is 2. The van der Waals surface area contributed by atoms with Crippen molar-refractivity contribution in [2.75, 3.05) is 6.54 Å². The summed E-state index contributed by atoms with van der Waals surface area (Å²) in [6, 6.07) is 1.58. The summed E-state index contributed by atoms with van der Waals surface area (Å²) in [7, 11) is 0. The third kappa shape index (κ3) is 2.57. The largest absolute Gasteiger partial charge is 0.355 e. The van der Waals surface area contributed by atoms with Crippen molar-refractivity contribution in [1.29, 1.82) is 0 Å². The maximum atomic E-state index is 12.1. The van der Waals surface area contributed by atoms with E-state index in [9.17, 15) is 9.59 Å². The number of ketones is 1. The van der Waals surface area contributed by atoms with Crippen LogP contribution in [0.3, 0.4) is 0 Å². The van der Waals surface area contributed by atoms with Crippen LogP contribution in [-0.4, -0.2) is 22.8 Å². The molecule has 1 aliphatic carbocycles. The van der Waals surface area contributed by atoms with Crippen LogP contribution < -0.4 is 5.32 Å². The molecule has 4 heteroatoms. The third-order valence-corrected chi connectivity index (χ3v) is 3.76. The van der Waals surface area contributed by atoms with Crippen molar-refractivity contribution >= 4 is 11.7 Å². The van der Waals surface area contributed by atoms with Gasteiger partial charge in [-0.1, -0.05) is 13.8 Å². The van der Waals surface area contributed by atoms with Gasteiger partial charge in [0.2, 0.25) is 5.91 Å². The Kier molecular flexibility index (Phi) is 3.52. The Hall–Kier alpha value is -1.58. The molecular formula is C15H22N2O2. The molecule has 1 atom stereocenters. The van der Waals surface area contributed by atoms with Crippen molar-refractivity contribution in [2.45, 2.75) is 46.6 Å². The van der Waals surface area contributed by atoms with Gasteiger partial charge in [0.1, 0.15) is 6.04 Å². The van der Waals surface area contributed by atoms with E-state index in [2.05, 4.69) is 19.2 Å².